The van der Waals surface area contributed by atoms with Crippen molar-refractivity contribution in [1.29, 1.82) is 0 Å². The first-order chi connectivity index (χ1) is 11.8. The van der Waals surface area contributed by atoms with Gasteiger partial charge in [0, 0.05) is 6.61 Å². The SMILES string of the molecule is C/C=C/C1CCC(CCc2ccc(COCCCCC)cc2)CC1. The first-order valence-corrected chi connectivity index (χ1v) is 10.1. The van der Waals surface area contributed by atoms with Crippen LogP contribution in [0.5, 0.6) is 0 Å². The fourth-order valence-electron chi connectivity index (χ4n) is 3.76. The molecule has 1 aliphatic rings. The molecule has 0 bridgehead atoms. The Hall–Kier alpha value is -1.08. The highest BCUT2D eigenvalue weighted by molar-refractivity contribution is 5.22. The van der Waals surface area contributed by atoms with Gasteiger partial charge in [-0.15, -0.1) is 0 Å². The van der Waals surface area contributed by atoms with Crippen molar-refractivity contribution in [3.05, 3.63) is 47.5 Å². The minimum Gasteiger partial charge on any atom is -0.377 e. The summed E-state index contributed by atoms with van der Waals surface area (Å²) in [5.41, 5.74) is 2.79. The standard InChI is InChI=1S/C23H36O/c1-3-5-6-18-24-19-23-16-14-22(15-17-23)13-12-21-10-8-20(7-4-2)9-11-21/h4,7,14-17,20-21H,3,5-6,8-13,18-19H2,1-2H3/b7-4+. The van der Waals surface area contributed by atoms with Crippen molar-refractivity contribution in [2.24, 2.45) is 11.8 Å². The summed E-state index contributed by atoms with van der Waals surface area (Å²) in [4.78, 5) is 0. The monoisotopic (exact) mass is 328 g/mol. The van der Waals surface area contributed by atoms with Crippen LogP contribution in [0.15, 0.2) is 36.4 Å². The van der Waals surface area contributed by atoms with Crippen LogP contribution in [0.25, 0.3) is 0 Å². The van der Waals surface area contributed by atoms with Crippen molar-refractivity contribution in [1.82, 2.24) is 0 Å². The summed E-state index contributed by atoms with van der Waals surface area (Å²) in [6.07, 6.45) is 16.5. The minimum atomic E-state index is 0.763. The Morgan fingerprint density at radius 2 is 1.71 bits per heavy atom. The highest BCUT2D eigenvalue weighted by Crippen LogP contribution is 2.32. The molecule has 1 nitrogen and oxygen atoms in total. The number of rotatable bonds is 10. The molecule has 0 atom stereocenters. The fourth-order valence-corrected chi connectivity index (χ4v) is 3.76. The lowest BCUT2D eigenvalue weighted by molar-refractivity contribution is 0.117. The van der Waals surface area contributed by atoms with Crippen molar-refractivity contribution >= 4 is 0 Å². The summed E-state index contributed by atoms with van der Waals surface area (Å²) >= 11 is 0. The van der Waals surface area contributed by atoms with E-state index in [1.54, 1.807) is 0 Å². The van der Waals surface area contributed by atoms with Crippen molar-refractivity contribution in [3.63, 3.8) is 0 Å². The van der Waals surface area contributed by atoms with Crippen LogP contribution in [0.2, 0.25) is 0 Å². The molecule has 0 aromatic heterocycles. The predicted molar refractivity (Wildman–Crippen MR) is 104 cm³/mol. The van der Waals surface area contributed by atoms with Crippen molar-refractivity contribution in [2.75, 3.05) is 6.61 Å². The summed E-state index contributed by atoms with van der Waals surface area (Å²) < 4.78 is 5.74. The topological polar surface area (TPSA) is 9.23 Å². The Bertz CT molecular complexity index is 451. The molecule has 1 heteroatoms. The van der Waals surface area contributed by atoms with Crippen molar-refractivity contribution < 1.29 is 4.74 Å². The largest absolute Gasteiger partial charge is 0.377 e. The van der Waals surface area contributed by atoms with Crippen LogP contribution in [0, 0.1) is 11.8 Å². The zero-order valence-corrected chi connectivity index (χ0v) is 15.8. The second-order valence-corrected chi connectivity index (χ2v) is 7.42. The zero-order chi connectivity index (χ0) is 17.0. The van der Waals surface area contributed by atoms with Gasteiger partial charge in [0.1, 0.15) is 0 Å². The second-order valence-electron chi connectivity index (χ2n) is 7.42. The maximum Gasteiger partial charge on any atom is 0.0716 e. The Morgan fingerprint density at radius 3 is 2.38 bits per heavy atom. The molecule has 0 amide bonds. The quantitative estimate of drug-likeness (QED) is 0.342. The van der Waals surface area contributed by atoms with Crippen molar-refractivity contribution in [3.8, 4) is 0 Å². The van der Waals surface area contributed by atoms with E-state index in [0.29, 0.717) is 0 Å². The van der Waals surface area contributed by atoms with E-state index in [4.69, 9.17) is 4.74 Å². The molecule has 0 spiro atoms. The van der Waals surface area contributed by atoms with Crippen LogP contribution in [0.4, 0.5) is 0 Å². The Balaban J connectivity index is 1.63. The maximum atomic E-state index is 5.74. The molecule has 1 fully saturated rings. The number of ether oxygens (including phenoxy) is 1. The number of aryl methyl sites for hydroxylation is 1. The van der Waals surface area contributed by atoms with E-state index in [1.165, 1.54) is 68.9 Å². The van der Waals surface area contributed by atoms with Gasteiger partial charge in [0.25, 0.3) is 0 Å². The predicted octanol–water partition coefficient (Wildman–Crippen LogP) is 6.71. The van der Waals surface area contributed by atoms with Gasteiger partial charge in [-0.25, -0.2) is 0 Å². The molecule has 2 rings (SSSR count). The third-order valence-corrected chi connectivity index (χ3v) is 5.38. The van der Waals surface area contributed by atoms with Crippen LogP contribution in [-0.2, 0) is 17.8 Å². The van der Waals surface area contributed by atoms with E-state index < -0.39 is 0 Å². The van der Waals surface area contributed by atoms with Gasteiger partial charge in [-0.05, 0) is 74.8 Å². The van der Waals surface area contributed by atoms with E-state index >= 15 is 0 Å². The van der Waals surface area contributed by atoms with E-state index in [9.17, 15) is 0 Å². The lowest BCUT2D eigenvalue weighted by atomic mass is 9.79. The van der Waals surface area contributed by atoms with Gasteiger partial charge in [0.15, 0.2) is 0 Å². The average Bonchev–Trinajstić information content (AvgIpc) is 2.62. The maximum absolute atomic E-state index is 5.74. The number of allylic oxidation sites excluding steroid dienone is 2. The second kappa shape index (κ2) is 11.5. The molecule has 0 N–H and O–H groups in total. The molecular formula is C23H36O. The van der Waals surface area contributed by atoms with Crippen LogP contribution in [-0.4, -0.2) is 6.61 Å². The molecule has 0 unspecified atom stereocenters. The number of benzene rings is 1. The molecule has 1 aliphatic carbocycles. The summed E-state index contributed by atoms with van der Waals surface area (Å²) in [5.74, 6) is 1.79. The van der Waals surface area contributed by atoms with Crippen molar-refractivity contribution in [2.45, 2.75) is 78.2 Å². The highest BCUT2D eigenvalue weighted by atomic mass is 16.5. The Kier molecular flexibility index (Phi) is 9.20. The van der Waals surface area contributed by atoms with Crippen LogP contribution in [0.1, 0.15) is 76.3 Å². The van der Waals surface area contributed by atoms with E-state index in [2.05, 4.69) is 50.3 Å². The normalized spacial score (nSPS) is 21.4. The third-order valence-electron chi connectivity index (χ3n) is 5.38. The fraction of sp³-hybridized carbons (Fsp3) is 0.652. The molecular weight excluding hydrogens is 292 g/mol. The van der Waals surface area contributed by atoms with Gasteiger partial charge in [0.05, 0.1) is 6.61 Å². The average molecular weight is 329 g/mol. The van der Waals surface area contributed by atoms with E-state index in [1.807, 2.05) is 0 Å². The summed E-state index contributed by atoms with van der Waals surface area (Å²) in [6.45, 7) is 6.03. The zero-order valence-electron chi connectivity index (χ0n) is 15.8. The lowest BCUT2D eigenvalue weighted by Crippen LogP contribution is -2.13. The van der Waals surface area contributed by atoms with Gasteiger partial charge in [-0.1, -0.05) is 56.2 Å². The Morgan fingerprint density at radius 1 is 1.00 bits per heavy atom. The smallest absolute Gasteiger partial charge is 0.0716 e. The van der Waals surface area contributed by atoms with Gasteiger partial charge < -0.3 is 4.74 Å². The first-order valence-electron chi connectivity index (χ1n) is 10.1. The summed E-state index contributed by atoms with van der Waals surface area (Å²) in [6, 6.07) is 9.10. The Labute approximate surface area is 149 Å². The highest BCUT2D eigenvalue weighted by Gasteiger charge is 2.18. The first kappa shape index (κ1) is 19.2. The number of hydrogen-bond donors (Lipinski definition) is 0. The lowest BCUT2D eigenvalue weighted by Gasteiger charge is -2.26. The number of unbranched alkanes of at least 4 members (excludes halogenated alkanes) is 2. The molecule has 134 valence electrons. The van der Waals surface area contributed by atoms with Gasteiger partial charge in [0.2, 0.25) is 0 Å². The molecule has 0 saturated heterocycles. The number of hydrogen-bond acceptors (Lipinski definition) is 1. The summed E-state index contributed by atoms with van der Waals surface area (Å²) in [5, 5.41) is 0. The molecule has 1 aromatic carbocycles. The van der Waals surface area contributed by atoms with Gasteiger partial charge in [-0.3, -0.25) is 0 Å². The summed E-state index contributed by atoms with van der Waals surface area (Å²) in [7, 11) is 0. The van der Waals surface area contributed by atoms with E-state index in [0.717, 1.165) is 25.0 Å². The molecule has 0 heterocycles. The third kappa shape index (κ3) is 7.21. The molecule has 0 radical (unpaired) electrons. The van der Waals surface area contributed by atoms with E-state index in [-0.39, 0.29) is 0 Å². The van der Waals surface area contributed by atoms with Crippen LogP contribution in [0.3, 0.4) is 0 Å². The molecule has 24 heavy (non-hydrogen) atoms. The molecule has 0 aliphatic heterocycles. The van der Waals surface area contributed by atoms with Gasteiger partial charge in [-0.2, -0.15) is 0 Å². The minimum absolute atomic E-state index is 0.763. The van der Waals surface area contributed by atoms with Crippen LogP contribution >= 0.6 is 0 Å². The van der Waals surface area contributed by atoms with Gasteiger partial charge >= 0.3 is 0 Å². The molecule has 1 aromatic rings. The molecule has 1 saturated carbocycles. The van der Waals surface area contributed by atoms with Crippen LogP contribution < -0.4 is 0 Å².